The molecule has 1 atom stereocenters. The maximum atomic E-state index is 11.8. The van der Waals surface area contributed by atoms with E-state index in [2.05, 4.69) is 0 Å². The molecule has 1 fully saturated rings. The second-order valence-electron chi connectivity index (χ2n) is 3.32. The fourth-order valence-corrected chi connectivity index (χ4v) is 2.72. The lowest BCUT2D eigenvalue weighted by atomic mass is 10.0. The molecule has 1 unspecified atom stereocenters. The van der Waals surface area contributed by atoms with E-state index in [1.54, 1.807) is 11.8 Å². The second-order valence-corrected chi connectivity index (χ2v) is 4.47. The lowest BCUT2D eigenvalue weighted by molar-refractivity contribution is -0.402. The van der Waals surface area contributed by atoms with E-state index < -0.39 is 4.92 Å². The summed E-state index contributed by atoms with van der Waals surface area (Å²) in [6.07, 6.45) is 0.831. The van der Waals surface area contributed by atoms with Crippen molar-refractivity contribution in [2.45, 2.75) is 6.42 Å². The second kappa shape index (κ2) is 4.06. The van der Waals surface area contributed by atoms with Crippen LogP contribution in [0.3, 0.4) is 0 Å². The van der Waals surface area contributed by atoms with Gasteiger partial charge in [-0.1, -0.05) is 0 Å². The van der Waals surface area contributed by atoms with Gasteiger partial charge >= 0.3 is 5.88 Å². The van der Waals surface area contributed by atoms with Gasteiger partial charge in [0.15, 0.2) is 5.76 Å². The number of nitro groups is 1. The molecule has 1 aromatic heterocycles. The Morgan fingerprint density at radius 2 is 2.40 bits per heavy atom. The van der Waals surface area contributed by atoms with Crippen molar-refractivity contribution in [3.05, 3.63) is 28.0 Å². The third-order valence-corrected chi connectivity index (χ3v) is 3.48. The SMILES string of the molecule is O=C(c1ccc([N+](=O)[O-])o1)C1CCSC1. The van der Waals surface area contributed by atoms with E-state index in [9.17, 15) is 14.9 Å². The maximum Gasteiger partial charge on any atom is 0.433 e. The van der Waals surface area contributed by atoms with Gasteiger partial charge in [0, 0.05) is 11.7 Å². The molecule has 0 spiro atoms. The van der Waals surface area contributed by atoms with Crippen LogP contribution in [0.1, 0.15) is 17.0 Å². The van der Waals surface area contributed by atoms with Crippen LogP contribution in [0, 0.1) is 16.0 Å². The van der Waals surface area contributed by atoms with Gasteiger partial charge in [-0.05, 0) is 18.2 Å². The number of carbonyl (C=O) groups is 1. The van der Waals surface area contributed by atoms with Crippen molar-refractivity contribution in [3.63, 3.8) is 0 Å². The Morgan fingerprint density at radius 1 is 1.60 bits per heavy atom. The van der Waals surface area contributed by atoms with Crippen LogP contribution in [-0.4, -0.2) is 22.2 Å². The highest BCUT2D eigenvalue weighted by molar-refractivity contribution is 7.99. The molecule has 0 bridgehead atoms. The molecular weight excluding hydrogens is 218 g/mol. The maximum absolute atomic E-state index is 11.8. The van der Waals surface area contributed by atoms with Gasteiger partial charge < -0.3 is 4.42 Å². The Balaban J connectivity index is 2.14. The van der Waals surface area contributed by atoms with Gasteiger partial charge in [-0.25, -0.2) is 0 Å². The average molecular weight is 227 g/mol. The predicted octanol–water partition coefficient (Wildman–Crippen LogP) is 2.12. The lowest BCUT2D eigenvalue weighted by Crippen LogP contribution is -2.12. The molecule has 80 valence electrons. The minimum Gasteiger partial charge on any atom is -0.397 e. The van der Waals surface area contributed by atoms with Crippen LogP contribution in [0.5, 0.6) is 0 Å². The molecule has 1 aliphatic rings. The lowest BCUT2D eigenvalue weighted by Gasteiger charge is -2.02. The zero-order chi connectivity index (χ0) is 10.8. The van der Waals surface area contributed by atoms with Crippen LogP contribution in [0.15, 0.2) is 16.5 Å². The first-order valence-electron chi connectivity index (χ1n) is 4.54. The van der Waals surface area contributed by atoms with Crippen LogP contribution in [0.25, 0.3) is 0 Å². The summed E-state index contributed by atoms with van der Waals surface area (Å²) in [7, 11) is 0. The largest absolute Gasteiger partial charge is 0.433 e. The van der Waals surface area contributed by atoms with Gasteiger partial charge in [0.2, 0.25) is 5.78 Å². The number of Topliss-reactive ketones (excluding diaryl/α,β-unsaturated/α-hetero) is 1. The molecule has 0 saturated carbocycles. The summed E-state index contributed by atoms with van der Waals surface area (Å²) in [4.78, 5) is 21.5. The molecule has 1 aromatic rings. The minimum atomic E-state index is -0.639. The normalized spacial score (nSPS) is 20.4. The number of nitrogens with zero attached hydrogens (tertiary/aromatic N) is 1. The van der Waals surface area contributed by atoms with Crippen molar-refractivity contribution in [2.24, 2.45) is 5.92 Å². The van der Waals surface area contributed by atoms with Crippen LogP contribution < -0.4 is 0 Å². The number of carbonyl (C=O) groups excluding carboxylic acids is 1. The molecule has 5 nitrogen and oxygen atoms in total. The quantitative estimate of drug-likeness (QED) is 0.449. The molecule has 0 amide bonds. The number of rotatable bonds is 3. The van der Waals surface area contributed by atoms with Gasteiger partial charge in [-0.3, -0.25) is 14.9 Å². The number of ketones is 1. The number of thioether (sulfide) groups is 1. The van der Waals surface area contributed by atoms with Gasteiger partial charge in [0.05, 0.1) is 6.07 Å². The predicted molar refractivity (Wildman–Crippen MR) is 55.1 cm³/mol. The standard InChI is InChI=1S/C9H9NO4S/c11-9(6-3-4-15-5-6)7-1-2-8(14-7)10(12)13/h1-2,6H,3-5H2. The first-order valence-corrected chi connectivity index (χ1v) is 5.70. The van der Waals surface area contributed by atoms with E-state index in [1.807, 2.05) is 0 Å². The first-order chi connectivity index (χ1) is 7.18. The summed E-state index contributed by atoms with van der Waals surface area (Å²) in [5.74, 6) is 1.33. The Hall–Kier alpha value is -1.30. The van der Waals surface area contributed by atoms with Crippen molar-refractivity contribution in [1.82, 2.24) is 0 Å². The smallest absolute Gasteiger partial charge is 0.397 e. The van der Waals surface area contributed by atoms with E-state index >= 15 is 0 Å². The monoisotopic (exact) mass is 227 g/mol. The highest BCUT2D eigenvalue weighted by Crippen LogP contribution is 2.28. The number of hydrogen-bond acceptors (Lipinski definition) is 5. The third kappa shape index (κ3) is 2.04. The molecular formula is C9H9NO4S. The molecule has 0 N–H and O–H groups in total. The van der Waals surface area contributed by atoms with Crippen LogP contribution in [0.4, 0.5) is 5.88 Å². The third-order valence-electron chi connectivity index (χ3n) is 2.32. The van der Waals surface area contributed by atoms with Crippen molar-refractivity contribution in [3.8, 4) is 0 Å². The molecule has 0 aliphatic carbocycles. The minimum absolute atomic E-state index is 0.0410. The van der Waals surface area contributed by atoms with E-state index in [4.69, 9.17) is 4.42 Å². The Kier molecular flexibility index (Phi) is 2.77. The zero-order valence-corrected chi connectivity index (χ0v) is 8.66. The van der Waals surface area contributed by atoms with Crippen molar-refractivity contribution >= 4 is 23.4 Å². The number of hydrogen-bond donors (Lipinski definition) is 0. The molecule has 0 aromatic carbocycles. The van der Waals surface area contributed by atoms with Crippen LogP contribution >= 0.6 is 11.8 Å². The van der Waals surface area contributed by atoms with E-state index in [-0.39, 0.29) is 23.3 Å². The van der Waals surface area contributed by atoms with Gasteiger partial charge in [0.25, 0.3) is 0 Å². The highest BCUT2D eigenvalue weighted by Gasteiger charge is 2.27. The summed E-state index contributed by atoms with van der Waals surface area (Å²) in [5, 5.41) is 10.4. The molecule has 6 heteroatoms. The molecule has 2 rings (SSSR count). The van der Waals surface area contributed by atoms with E-state index in [0.717, 1.165) is 17.9 Å². The molecule has 1 saturated heterocycles. The molecule has 15 heavy (non-hydrogen) atoms. The zero-order valence-electron chi connectivity index (χ0n) is 7.84. The topological polar surface area (TPSA) is 73.3 Å². The first kappa shape index (κ1) is 10.2. The van der Waals surface area contributed by atoms with Crippen molar-refractivity contribution < 1.29 is 14.1 Å². The Labute approximate surface area is 90.0 Å². The van der Waals surface area contributed by atoms with Crippen molar-refractivity contribution in [2.75, 3.05) is 11.5 Å². The molecule has 1 aliphatic heterocycles. The fourth-order valence-electron chi connectivity index (χ4n) is 1.50. The fraction of sp³-hybridized carbons (Fsp3) is 0.444. The van der Waals surface area contributed by atoms with Gasteiger partial charge in [-0.15, -0.1) is 0 Å². The van der Waals surface area contributed by atoms with Gasteiger partial charge in [0.1, 0.15) is 4.92 Å². The van der Waals surface area contributed by atoms with Crippen molar-refractivity contribution in [1.29, 1.82) is 0 Å². The van der Waals surface area contributed by atoms with Crippen LogP contribution in [-0.2, 0) is 0 Å². The molecule has 2 heterocycles. The average Bonchev–Trinajstić information content (AvgIpc) is 2.88. The summed E-state index contributed by atoms with van der Waals surface area (Å²) >= 11 is 1.72. The number of furan rings is 1. The summed E-state index contributed by atoms with van der Waals surface area (Å²) in [6, 6.07) is 2.60. The molecule has 0 radical (unpaired) electrons. The highest BCUT2D eigenvalue weighted by atomic mass is 32.2. The van der Waals surface area contributed by atoms with E-state index in [0.29, 0.717) is 0 Å². The van der Waals surface area contributed by atoms with Gasteiger partial charge in [-0.2, -0.15) is 11.8 Å². The van der Waals surface area contributed by atoms with E-state index in [1.165, 1.54) is 12.1 Å². The Bertz CT molecular complexity index is 395. The summed E-state index contributed by atoms with van der Waals surface area (Å²) < 4.78 is 4.86. The Morgan fingerprint density at radius 3 is 2.93 bits per heavy atom. The summed E-state index contributed by atoms with van der Waals surface area (Å²) in [5.41, 5.74) is 0. The van der Waals surface area contributed by atoms with Crippen LogP contribution in [0.2, 0.25) is 0 Å². The summed E-state index contributed by atoms with van der Waals surface area (Å²) in [6.45, 7) is 0.